The van der Waals surface area contributed by atoms with Crippen LogP contribution in [0.25, 0.3) is 0 Å². The number of unbranched alkanes of at least 4 members (excludes halogenated alkanes) is 33. The van der Waals surface area contributed by atoms with Crippen molar-refractivity contribution < 1.29 is 19.8 Å². The summed E-state index contributed by atoms with van der Waals surface area (Å²) in [6.07, 6.45) is 52.1. The number of carbonyl (C=O) groups is 2. The second kappa shape index (κ2) is 37.6. The normalized spacial score (nSPS) is 11.7. The first kappa shape index (κ1) is 42.4. The third kappa shape index (κ3) is 40.4. The number of hydrogen-bond donors (Lipinski definition) is 2. The van der Waals surface area contributed by atoms with Crippen molar-refractivity contribution in [3.63, 3.8) is 0 Å². The fraction of sp³-hybridized carbons (Fsp3) is 0.850. The number of carboxylic acid groups (broad SMARTS) is 2. The van der Waals surface area contributed by atoms with E-state index in [-0.39, 0.29) is 0 Å². The third-order valence-corrected chi connectivity index (χ3v) is 9.01. The van der Waals surface area contributed by atoms with Crippen LogP contribution >= 0.6 is 0 Å². The molecule has 0 bridgehead atoms. The lowest BCUT2D eigenvalue weighted by Crippen LogP contribution is -1.86. The van der Waals surface area contributed by atoms with Gasteiger partial charge in [0.1, 0.15) is 0 Å². The molecule has 0 amide bonds. The van der Waals surface area contributed by atoms with Crippen molar-refractivity contribution in [1.82, 2.24) is 0 Å². The molecule has 4 heteroatoms. The monoisotopic (exact) mass is 619 g/mol. The molecule has 0 unspecified atom stereocenters. The number of allylic oxidation sites excluding steroid dienone is 2. The van der Waals surface area contributed by atoms with E-state index in [9.17, 15) is 9.59 Å². The fourth-order valence-electron chi connectivity index (χ4n) is 6.20. The molecule has 0 saturated heterocycles. The molecule has 0 aliphatic rings. The highest BCUT2D eigenvalue weighted by Gasteiger charge is 1.97. The van der Waals surface area contributed by atoms with Gasteiger partial charge in [-0.25, -0.2) is 9.59 Å². The Balaban J connectivity index is 3.08. The van der Waals surface area contributed by atoms with Crippen LogP contribution in [0, 0.1) is 0 Å². The lowest BCUT2D eigenvalue weighted by molar-refractivity contribution is -0.132. The van der Waals surface area contributed by atoms with Crippen LogP contribution in [0.3, 0.4) is 0 Å². The van der Waals surface area contributed by atoms with Crippen molar-refractivity contribution in [3.8, 4) is 0 Å². The van der Waals surface area contributed by atoms with Crippen LogP contribution in [0.4, 0.5) is 0 Å². The van der Waals surface area contributed by atoms with Crippen molar-refractivity contribution in [1.29, 1.82) is 0 Å². The zero-order chi connectivity index (χ0) is 32.0. The van der Waals surface area contributed by atoms with Crippen LogP contribution < -0.4 is 0 Å². The quantitative estimate of drug-likeness (QED) is 0.0536. The van der Waals surface area contributed by atoms with E-state index in [4.69, 9.17) is 10.2 Å². The van der Waals surface area contributed by atoms with E-state index < -0.39 is 11.9 Å². The zero-order valence-corrected chi connectivity index (χ0v) is 29.1. The Morgan fingerprint density at radius 1 is 0.273 bits per heavy atom. The summed E-state index contributed by atoms with van der Waals surface area (Å²) in [6, 6.07) is 0. The molecule has 0 aromatic rings. The van der Waals surface area contributed by atoms with Gasteiger partial charge < -0.3 is 10.2 Å². The molecular weight excluding hydrogens is 544 g/mol. The van der Waals surface area contributed by atoms with Gasteiger partial charge >= 0.3 is 11.9 Å². The largest absolute Gasteiger partial charge is 0.478 e. The van der Waals surface area contributed by atoms with E-state index in [1.807, 2.05) is 0 Å². The molecule has 2 N–H and O–H groups in total. The van der Waals surface area contributed by atoms with E-state index in [0.29, 0.717) is 0 Å². The smallest absolute Gasteiger partial charge is 0.327 e. The number of aliphatic carboxylic acids is 2. The van der Waals surface area contributed by atoms with Gasteiger partial charge in [-0.05, 0) is 25.7 Å². The molecule has 0 aromatic carbocycles. The highest BCUT2D eigenvalue weighted by molar-refractivity contribution is 5.79. The van der Waals surface area contributed by atoms with Crippen molar-refractivity contribution in [2.45, 2.75) is 218 Å². The van der Waals surface area contributed by atoms with E-state index >= 15 is 0 Å². The SMILES string of the molecule is O=C(O)C=CCCCCCCCCCCCCCCCCCCCCCCCCCCCCCCCCCCC=CC(=O)O. The minimum absolute atomic E-state index is 0.834. The molecule has 0 spiro atoms. The van der Waals surface area contributed by atoms with Gasteiger partial charge in [-0.1, -0.05) is 205 Å². The summed E-state index contributed by atoms with van der Waals surface area (Å²) in [5, 5.41) is 17.1. The molecule has 0 atom stereocenters. The van der Waals surface area contributed by atoms with E-state index in [0.717, 1.165) is 25.7 Å². The predicted octanol–water partition coefficient (Wildman–Crippen LogP) is 13.5. The van der Waals surface area contributed by atoms with Crippen molar-refractivity contribution in [3.05, 3.63) is 24.3 Å². The Morgan fingerprint density at radius 3 is 0.545 bits per heavy atom. The Kier molecular flexibility index (Phi) is 36.3. The highest BCUT2D eigenvalue weighted by Crippen LogP contribution is 2.17. The molecule has 258 valence electrons. The van der Waals surface area contributed by atoms with Gasteiger partial charge in [-0.3, -0.25) is 0 Å². The molecule has 0 aromatic heterocycles. The summed E-state index contributed by atoms with van der Waals surface area (Å²) in [5.41, 5.74) is 0. The summed E-state index contributed by atoms with van der Waals surface area (Å²) in [6.45, 7) is 0. The predicted molar refractivity (Wildman–Crippen MR) is 191 cm³/mol. The average Bonchev–Trinajstić information content (AvgIpc) is 3.00. The minimum atomic E-state index is -0.834. The van der Waals surface area contributed by atoms with Gasteiger partial charge in [0.05, 0.1) is 0 Å². The van der Waals surface area contributed by atoms with Gasteiger partial charge in [-0.15, -0.1) is 0 Å². The van der Waals surface area contributed by atoms with E-state index in [2.05, 4.69) is 0 Å². The second-order valence-corrected chi connectivity index (χ2v) is 13.4. The van der Waals surface area contributed by atoms with Crippen LogP contribution in [0.5, 0.6) is 0 Å². The molecule has 0 rings (SSSR count). The maximum Gasteiger partial charge on any atom is 0.327 e. The van der Waals surface area contributed by atoms with Crippen molar-refractivity contribution in [2.24, 2.45) is 0 Å². The number of carboxylic acids is 2. The van der Waals surface area contributed by atoms with Gasteiger partial charge in [0, 0.05) is 12.2 Å². The Morgan fingerprint density at radius 2 is 0.409 bits per heavy atom. The Labute approximate surface area is 274 Å². The standard InChI is InChI=1S/C40H74O4/c41-39(42)37-35-33-31-29-27-25-23-21-19-17-15-13-11-9-7-5-3-1-2-4-6-8-10-12-14-16-18-20-22-24-26-28-30-32-34-36-38-40(43)44/h35-38H,1-34H2,(H,41,42)(H,43,44). The molecule has 44 heavy (non-hydrogen) atoms. The topological polar surface area (TPSA) is 74.6 Å². The van der Waals surface area contributed by atoms with Gasteiger partial charge in [0.25, 0.3) is 0 Å². The minimum Gasteiger partial charge on any atom is -0.478 e. The first-order valence-corrected chi connectivity index (χ1v) is 19.4. The first-order valence-electron chi connectivity index (χ1n) is 19.4. The highest BCUT2D eigenvalue weighted by atomic mass is 16.4. The van der Waals surface area contributed by atoms with Crippen LogP contribution in [0.1, 0.15) is 218 Å². The van der Waals surface area contributed by atoms with Crippen molar-refractivity contribution in [2.75, 3.05) is 0 Å². The summed E-state index contributed by atoms with van der Waals surface area (Å²) in [4.78, 5) is 20.8. The van der Waals surface area contributed by atoms with Crippen LogP contribution in [-0.4, -0.2) is 22.2 Å². The number of hydrogen-bond acceptors (Lipinski definition) is 2. The molecule has 0 heterocycles. The third-order valence-electron chi connectivity index (χ3n) is 9.01. The van der Waals surface area contributed by atoms with Crippen molar-refractivity contribution >= 4 is 11.9 Å². The zero-order valence-electron chi connectivity index (χ0n) is 29.1. The van der Waals surface area contributed by atoms with E-state index in [1.165, 1.54) is 205 Å². The maximum atomic E-state index is 10.4. The lowest BCUT2D eigenvalue weighted by atomic mass is 10.0. The molecule has 0 fully saturated rings. The maximum absolute atomic E-state index is 10.4. The molecular formula is C40H74O4. The van der Waals surface area contributed by atoms with Gasteiger partial charge in [0.15, 0.2) is 0 Å². The molecule has 0 radical (unpaired) electrons. The average molecular weight is 619 g/mol. The lowest BCUT2D eigenvalue weighted by Gasteiger charge is -2.05. The first-order chi connectivity index (χ1) is 21.6. The second-order valence-electron chi connectivity index (χ2n) is 13.4. The fourth-order valence-corrected chi connectivity index (χ4v) is 6.20. The Hall–Kier alpha value is -1.58. The Bertz CT molecular complexity index is 598. The molecule has 0 aliphatic carbocycles. The summed E-state index contributed by atoms with van der Waals surface area (Å²) < 4.78 is 0. The molecule has 0 saturated carbocycles. The summed E-state index contributed by atoms with van der Waals surface area (Å²) in [5.74, 6) is -1.67. The van der Waals surface area contributed by atoms with Crippen LogP contribution in [-0.2, 0) is 9.59 Å². The molecule has 4 nitrogen and oxygen atoms in total. The van der Waals surface area contributed by atoms with E-state index in [1.54, 1.807) is 12.2 Å². The van der Waals surface area contributed by atoms with Crippen LogP contribution in [0.2, 0.25) is 0 Å². The van der Waals surface area contributed by atoms with Gasteiger partial charge in [0.2, 0.25) is 0 Å². The summed E-state index contributed by atoms with van der Waals surface area (Å²) in [7, 11) is 0. The summed E-state index contributed by atoms with van der Waals surface area (Å²) >= 11 is 0. The van der Waals surface area contributed by atoms with Gasteiger partial charge in [-0.2, -0.15) is 0 Å². The number of rotatable bonds is 37. The molecule has 0 aliphatic heterocycles. The van der Waals surface area contributed by atoms with Crippen LogP contribution in [0.15, 0.2) is 24.3 Å².